The minimum absolute atomic E-state index is 0.0863. The number of rotatable bonds is 6. The van der Waals surface area contributed by atoms with Crippen molar-refractivity contribution in [2.75, 3.05) is 32.3 Å². The molecule has 0 spiro atoms. The van der Waals surface area contributed by atoms with Gasteiger partial charge in [-0.15, -0.1) is 0 Å². The summed E-state index contributed by atoms with van der Waals surface area (Å²) in [5.74, 6) is -0.499. The van der Waals surface area contributed by atoms with Gasteiger partial charge in [-0.25, -0.2) is 0 Å². The van der Waals surface area contributed by atoms with Crippen molar-refractivity contribution in [2.24, 2.45) is 0 Å². The Bertz CT molecular complexity index is 1450. The van der Waals surface area contributed by atoms with Crippen LogP contribution in [0.15, 0.2) is 60.2 Å². The number of nitrogens with zero attached hydrogens (tertiary/aromatic N) is 1. The lowest BCUT2D eigenvalue weighted by atomic mass is 9.94. The smallest absolute Gasteiger partial charge is 0.300 e. The molecule has 1 unspecified atom stereocenters. The number of Topliss-reactive ketones (excluding diaryl/α,β-unsaturated/α-hetero) is 1. The highest BCUT2D eigenvalue weighted by Crippen LogP contribution is 2.46. The third-order valence-corrected chi connectivity index (χ3v) is 6.98. The van der Waals surface area contributed by atoms with E-state index in [1.165, 1.54) is 31.3 Å². The highest BCUT2D eigenvalue weighted by Gasteiger charge is 2.47. The maximum atomic E-state index is 13.6. The Morgan fingerprint density at radius 1 is 0.974 bits per heavy atom. The molecule has 3 aromatic carbocycles. The first kappa shape index (κ1) is 25.5. The molecule has 2 heterocycles. The second kappa shape index (κ2) is 10.3. The first-order valence-electron chi connectivity index (χ1n) is 12.1. The quantitative estimate of drug-likeness (QED) is 0.259. The number of fused-ring (bicyclic) bond motifs is 1. The topological polar surface area (TPSA) is 94.5 Å². The van der Waals surface area contributed by atoms with E-state index in [1.54, 1.807) is 18.2 Å². The van der Waals surface area contributed by atoms with Crippen LogP contribution in [0.1, 0.15) is 29.7 Å². The van der Waals surface area contributed by atoms with Gasteiger partial charge in [-0.05, 0) is 35.7 Å². The lowest BCUT2D eigenvalue weighted by molar-refractivity contribution is -0.132. The minimum Gasteiger partial charge on any atom is -0.507 e. The average Bonchev–Trinajstić information content (AvgIpc) is 3.22. The number of methoxy groups -OCH3 is 2. The maximum absolute atomic E-state index is 13.6. The van der Waals surface area contributed by atoms with Gasteiger partial charge in [0.25, 0.3) is 11.7 Å². The van der Waals surface area contributed by atoms with Gasteiger partial charge < -0.3 is 24.1 Å². The van der Waals surface area contributed by atoms with Crippen molar-refractivity contribution in [1.29, 1.82) is 0 Å². The first-order valence-corrected chi connectivity index (χ1v) is 12.5. The van der Waals surface area contributed by atoms with Crippen LogP contribution < -0.4 is 23.8 Å². The lowest BCUT2D eigenvalue weighted by Gasteiger charge is -2.27. The number of aliphatic hydroxyl groups is 1. The number of hydrogen-bond donors (Lipinski definition) is 1. The zero-order valence-electron chi connectivity index (χ0n) is 21.1. The number of aryl methyl sites for hydroxylation is 1. The van der Waals surface area contributed by atoms with E-state index >= 15 is 0 Å². The van der Waals surface area contributed by atoms with E-state index in [1.807, 2.05) is 31.2 Å². The van der Waals surface area contributed by atoms with E-state index in [4.69, 9.17) is 30.5 Å². The molecule has 38 heavy (non-hydrogen) atoms. The van der Waals surface area contributed by atoms with Crippen LogP contribution in [0, 0.1) is 0 Å². The molecule has 0 saturated carbocycles. The van der Waals surface area contributed by atoms with E-state index in [-0.39, 0.29) is 27.7 Å². The molecule has 0 radical (unpaired) electrons. The predicted octanol–water partition coefficient (Wildman–Crippen LogP) is 5.32. The van der Waals surface area contributed by atoms with Crippen LogP contribution in [0.5, 0.6) is 23.0 Å². The van der Waals surface area contributed by atoms with Crippen molar-refractivity contribution >= 4 is 34.7 Å². The van der Waals surface area contributed by atoms with Crippen molar-refractivity contribution in [1.82, 2.24) is 0 Å². The van der Waals surface area contributed by atoms with Crippen LogP contribution in [0.3, 0.4) is 0 Å². The summed E-state index contributed by atoms with van der Waals surface area (Å²) >= 11 is 6.26. The number of ketones is 1. The van der Waals surface area contributed by atoms with Crippen LogP contribution in [0.2, 0.25) is 5.02 Å². The summed E-state index contributed by atoms with van der Waals surface area (Å²) in [4.78, 5) is 28.5. The zero-order valence-corrected chi connectivity index (χ0v) is 21.9. The third-order valence-electron chi connectivity index (χ3n) is 6.68. The average molecular weight is 536 g/mol. The second-order valence-electron chi connectivity index (χ2n) is 8.78. The molecule has 1 N–H and O–H groups in total. The number of benzene rings is 3. The number of carbonyl (C=O) groups is 2. The van der Waals surface area contributed by atoms with Crippen molar-refractivity contribution in [3.63, 3.8) is 0 Å². The maximum Gasteiger partial charge on any atom is 0.300 e. The number of aliphatic hydroxyl groups excluding tert-OH is 1. The summed E-state index contributed by atoms with van der Waals surface area (Å²) in [5, 5.41) is 11.8. The van der Waals surface area contributed by atoms with Crippen LogP contribution in [0.25, 0.3) is 5.76 Å². The molecule has 0 aromatic heterocycles. The first-order chi connectivity index (χ1) is 18.4. The largest absolute Gasteiger partial charge is 0.507 e. The zero-order chi connectivity index (χ0) is 27.0. The summed E-state index contributed by atoms with van der Waals surface area (Å²) in [5.41, 5.74) is 2.26. The van der Waals surface area contributed by atoms with E-state index in [2.05, 4.69) is 0 Å². The van der Waals surface area contributed by atoms with E-state index in [9.17, 15) is 14.7 Å². The van der Waals surface area contributed by atoms with Crippen LogP contribution in [0.4, 0.5) is 5.69 Å². The Morgan fingerprint density at radius 3 is 2.32 bits per heavy atom. The highest BCUT2D eigenvalue weighted by molar-refractivity contribution is 6.51. The van der Waals surface area contributed by atoms with Crippen molar-refractivity contribution in [2.45, 2.75) is 19.4 Å². The van der Waals surface area contributed by atoms with Crippen LogP contribution in [-0.4, -0.2) is 44.2 Å². The van der Waals surface area contributed by atoms with Gasteiger partial charge >= 0.3 is 0 Å². The molecule has 2 aliphatic rings. The standard InChI is InChI=1S/C29H26ClNO7/c1-4-16-5-7-17(8-6-16)26-25(27(32)19-14-23(36-3)20(30)15-22(19)35-2)28(33)29(34)31(26)18-9-10-21-24(13-18)38-12-11-37-21/h5-10,13-15,26,32H,4,11-12H2,1-3H3/b27-25+. The molecule has 196 valence electrons. The Balaban J connectivity index is 1.73. The monoisotopic (exact) mass is 535 g/mol. The SMILES string of the molecule is CCc1ccc(C2/C(=C(\O)c3cc(OC)c(Cl)cc3OC)C(=O)C(=O)N2c2ccc3c(c2)OCCO3)cc1. The molecule has 2 aliphatic heterocycles. The van der Waals surface area contributed by atoms with Crippen LogP contribution in [-0.2, 0) is 16.0 Å². The lowest BCUT2D eigenvalue weighted by Crippen LogP contribution is -2.29. The molecule has 1 amide bonds. The fourth-order valence-electron chi connectivity index (χ4n) is 4.72. The van der Waals surface area contributed by atoms with E-state index < -0.39 is 23.5 Å². The number of anilines is 1. The van der Waals surface area contributed by atoms with Crippen molar-refractivity contribution < 1.29 is 33.6 Å². The fourth-order valence-corrected chi connectivity index (χ4v) is 4.95. The summed E-state index contributed by atoms with van der Waals surface area (Å²) in [6.45, 7) is 2.83. The van der Waals surface area contributed by atoms with Gasteiger partial charge in [0, 0.05) is 17.8 Å². The third kappa shape index (κ3) is 4.31. The molecule has 1 saturated heterocycles. The molecule has 0 bridgehead atoms. The summed E-state index contributed by atoms with van der Waals surface area (Å²) < 4.78 is 22.1. The number of carbonyl (C=O) groups excluding carboxylic acids is 2. The van der Waals surface area contributed by atoms with Gasteiger partial charge in [0.2, 0.25) is 0 Å². The number of hydrogen-bond acceptors (Lipinski definition) is 7. The minimum atomic E-state index is -0.921. The van der Waals surface area contributed by atoms with Crippen molar-refractivity contribution in [3.05, 3.63) is 81.9 Å². The van der Waals surface area contributed by atoms with Crippen LogP contribution >= 0.6 is 11.6 Å². The molecule has 0 aliphatic carbocycles. The summed E-state index contributed by atoms with van der Waals surface area (Å²) in [6, 6.07) is 14.7. The Kier molecular flexibility index (Phi) is 6.91. The molecule has 8 nitrogen and oxygen atoms in total. The molecular weight excluding hydrogens is 510 g/mol. The van der Waals surface area contributed by atoms with Gasteiger partial charge in [0.15, 0.2) is 11.5 Å². The highest BCUT2D eigenvalue weighted by atomic mass is 35.5. The molecular formula is C29H26ClNO7. The molecule has 5 rings (SSSR count). The summed E-state index contributed by atoms with van der Waals surface area (Å²) in [7, 11) is 2.86. The normalized spacial score (nSPS) is 18.0. The van der Waals surface area contributed by atoms with Gasteiger partial charge in [0.05, 0.1) is 36.4 Å². The van der Waals surface area contributed by atoms with Gasteiger partial charge in [0.1, 0.15) is 30.5 Å². The van der Waals surface area contributed by atoms with Gasteiger partial charge in [-0.3, -0.25) is 14.5 Å². The fraction of sp³-hybridized carbons (Fsp3) is 0.241. The number of ether oxygens (including phenoxy) is 4. The van der Waals surface area contributed by atoms with Gasteiger partial charge in [-0.2, -0.15) is 0 Å². The Morgan fingerprint density at radius 2 is 1.66 bits per heavy atom. The summed E-state index contributed by atoms with van der Waals surface area (Å²) in [6.07, 6.45) is 0.824. The van der Waals surface area contributed by atoms with Gasteiger partial charge in [-0.1, -0.05) is 42.8 Å². The molecule has 1 fully saturated rings. The van der Waals surface area contributed by atoms with Crippen molar-refractivity contribution in [3.8, 4) is 23.0 Å². The second-order valence-corrected chi connectivity index (χ2v) is 9.19. The molecule has 3 aromatic rings. The number of halogens is 1. The number of amides is 1. The Hall–Kier alpha value is -4.17. The molecule has 1 atom stereocenters. The van der Waals surface area contributed by atoms with E-state index in [0.29, 0.717) is 36.0 Å². The Labute approximate surface area is 224 Å². The predicted molar refractivity (Wildman–Crippen MR) is 143 cm³/mol. The molecule has 9 heteroatoms. The van der Waals surface area contributed by atoms with E-state index in [0.717, 1.165) is 12.0 Å².